The first-order valence-electron chi connectivity index (χ1n) is 9.65. The highest BCUT2D eigenvalue weighted by atomic mass is 32.2. The SMILES string of the molecule is O=C1CSc2nnc(COc3ccc4c(c3)CCC4)n2N1Cc1cc(F)ccc1F. The number of halogens is 2. The van der Waals surface area contributed by atoms with Crippen molar-refractivity contribution >= 4 is 17.7 Å². The molecule has 2 heterocycles. The molecule has 6 nitrogen and oxygen atoms in total. The molecule has 0 saturated carbocycles. The Morgan fingerprint density at radius 2 is 1.93 bits per heavy atom. The minimum Gasteiger partial charge on any atom is -0.486 e. The fraction of sp³-hybridized carbons (Fsp3) is 0.286. The van der Waals surface area contributed by atoms with E-state index in [1.807, 2.05) is 12.1 Å². The molecule has 0 N–H and O–H groups in total. The molecule has 1 amide bonds. The van der Waals surface area contributed by atoms with Crippen molar-refractivity contribution in [3.63, 3.8) is 0 Å². The fourth-order valence-corrected chi connectivity index (χ4v) is 4.63. The number of benzene rings is 2. The van der Waals surface area contributed by atoms with Crippen LogP contribution in [0.25, 0.3) is 0 Å². The van der Waals surface area contributed by atoms with Gasteiger partial charge in [0.25, 0.3) is 5.91 Å². The average Bonchev–Trinajstić information content (AvgIpc) is 3.37. The first kappa shape index (κ1) is 19.0. The Bertz CT molecular complexity index is 1130. The zero-order chi connectivity index (χ0) is 20.7. The Morgan fingerprint density at radius 1 is 1.07 bits per heavy atom. The maximum Gasteiger partial charge on any atom is 0.252 e. The largest absolute Gasteiger partial charge is 0.486 e. The molecule has 30 heavy (non-hydrogen) atoms. The van der Waals surface area contributed by atoms with Crippen LogP contribution in [0.3, 0.4) is 0 Å². The van der Waals surface area contributed by atoms with Gasteiger partial charge in [0.15, 0.2) is 5.82 Å². The van der Waals surface area contributed by atoms with Crippen LogP contribution in [0.4, 0.5) is 8.78 Å². The van der Waals surface area contributed by atoms with Crippen LogP contribution in [0.2, 0.25) is 0 Å². The van der Waals surface area contributed by atoms with Crippen molar-refractivity contribution in [3.05, 3.63) is 70.5 Å². The van der Waals surface area contributed by atoms with Crippen LogP contribution in [0, 0.1) is 11.6 Å². The summed E-state index contributed by atoms with van der Waals surface area (Å²) in [4.78, 5) is 12.6. The lowest BCUT2D eigenvalue weighted by molar-refractivity contribution is -0.118. The second-order valence-electron chi connectivity index (χ2n) is 7.26. The molecule has 0 bridgehead atoms. The molecule has 1 aromatic heterocycles. The van der Waals surface area contributed by atoms with E-state index in [1.54, 1.807) is 0 Å². The molecule has 0 radical (unpaired) electrons. The number of carbonyl (C=O) groups excluding carboxylic acids is 1. The van der Waals surface area contributed by atoms with Gasteiger partial charge in [-0.15, -0.1) is 10.2 Å². The van der Waals surface area contributed by atoms with E-state index in [9.17, 15) is 13.6 Å². The van der Waals surface area contributed by atoms with Gasteiger partial charge in [-0.25, -0.2) is 18.5 Å². The molecule has 0 saturated heterocycles. The minimum absolute atomic E-state index is 0.0837. The van der Waals surface area contributed by atoms with Crippen LogP contribution in [0.15, 0.2) is 41.6 Å². The number of hydrogen-bond donors (Lipinski definition) is 0. The van der Waals surface area contributed by atoms with Crippen LogP contribution < -0.4 is 9.75 Å². The quantitative estimate of drug-likeness (QED) is 0.624. The predicted octanol–water partition coefficient (Wildman–Crippen LogP) is 3.39. The summed E-state index contributed by atoms with van der Waals surface area (Å²) in [5, 5.41) is 10.1. The van der Waals surface area contributed by atoms with Gasteiger partial charge in [0.2, 0.25) is 5.16 Å². The number of aryl methyl sites for hydroxylation is 2. The van der Waals surface area contributed by atoms with E-state index in [0.29, 0.717) is 11.0 Å². The first-order chi connectivity index (χ1) is 14.6. The summed E-state index contributed by atoms with van der Waals surface area (Å²) in [5.74, 6) is -0.0775. The Labute approximate surface area is 175 Å². The van der Waals surface area contributed by atoms with Gasteiger partial charge < -0.3 is 4.74 Å². The van der Waals surface area contributed by atoms with E-state index in [4.69, 9.17) is 4.74 Å². The Morgan fingerprint density at radius 3 is 2.83 bits per heavy atom. The lowest BCUT2D eigenvalue weighted by Gasteiger charge is -2.29. The van der Waals surface area contributed by atoms with E-state index in [0.717, 1.165) is 43.2 Å². The molecule has 2 aliphatic rings. The maximum absolute atomic E-state index is 14.2. The summed E-state index contributed by atoms with van der Waals surface area (Å²) < 4.78 is 35.2. The minimum atomic E-state index is -0.576. The topological polar surface area (TPSA) is 60.2 Å². The van der Waals surface area contributed by atoms with Gasteiger partial charge in [-0.3, -0.25) is 4.79 Å². The van der Waals surface area contributed by atoms with Crippen molar-refractivity contribution < 1.29 is 18.3 Å². The second kappa shape index (κ2) is 7.71. The van der Waals surface area contributed by atoms with Crippen molar-refractivity contribution in [2.24, 2.45) is 0 Å². The Balaban J connectivity index is 1.40. The Hall–Kier alpha value is -2.94. The highest BCUT2D eigenvalue weighted by Crippen LogP contribution is 2.28. The molecule has 1 aliphatic heterocycles. The highest BCUT2D eigenvalue weighted by molar-refractivity contribution is 7.99. The smallest absolute Gasteiger partial charge is 0.252 e. The van der Waals surface area contributed by atoms with Crippen molar-refractivity contribution in [2.45, 2.75) is 37.6 Å². The summed E-state index contributed by atoms with van der Waals surface area (Å²) in [5.41, 5.74) is 2.73. The molecule has 3 aromatic rings. The molecule has 1 aliphatic carbocycles. The van der Waals surface area contributed by atoms with Gasteiger partial charge in [0.1, 0.15) is 24.0 Å². The molecule has 2 aromatic carbocycles. The number of ether oxygens (including phenoxy) is 1. The van der Waals surface area contributed by atoms with Gasteiger partial charge in [0.05, 0.1) is 12.3 Å². The van der Waals surface area contributed by atoms with E-state index in [2.05, 4.69) is 16.3 Å². The van der Waals surface area contributed by atoms with Gasteiger partial charge in [-0.05, 0) is 60.7 Å². The molecule has 0 atom stereocenters. The number of amides is 1. The van der Waals surface area contributed by atoms with Crippen molar-refractivity contribution in [2.75, 3.05) is 10.8 Å². The zero-order valence-corrected chi connectivity index (χ0v) is 16.8. The summed E-state index contributed by atoms with van der Waals surface area (Å²) >= 11 is 1.25. The lowest BCUT2D eigenvalue weighted by Crippen LogP contribution is -2.45. The maximum atomic E-state index is 14.2. The third kappa shape index (κ3) is 3.54. The average molecular weight is 428 g/mol. The van der Waals surface area contributed by atoms with E-state index < -0.39 is 11.6 Å². The molecule has 0 spiro atoms. The monoisotopic (exact) mass is 428 g/mol. The van der Waals surface area contributed by atoms with E-state index >= 15 is 0 Å². The summed E-state index contributed by atoms with van der Waals surface area (Å²) in [7, 11) is 0. The van der Waals surface area contributed by atoms with Crippen LogP contribution in [0.1, 0.15) is 28.9 Å². The number of carbonyl (C=O) groups is 1. The third-order valence-corrected chi connectivity index (χ3v) is 6.20. The number of nitrogens with zero attached hydrogens (tertiary/aromatic N) is 4. The molecular weight excluding hydrogens is 410 g/mol. The van der Waals surface area contributed by atoms with Crippen LogP contribution in [0.5, 0.6) is 5.75 Å². The van der Waals surface area contributed by atoms with E-state index in [1.165, 1.54) is 32.6 Å². The Kier molecular flexibility index (Phi) is 4.90. The first-order valence-corrected chi connectivity index (χ1v) is 10.6. The third-order valence-electron chi connectivity index (χ3n) is 5.30. The summed E-state index contributed by atoms with van der Waals surface area (Å²) in [6.45, 7) is -0.0262. The van der Waals surface area contributed by atoms with Gasteiger partial charge in [-0.1, -0.05) is 17.8 Å². The van der Waals surface area contributed by atoms with Crippen LogP contribution >= 0.6 is 11.8 Å². The van der Waals surface area contributed by atoms with Crippen LogP contribution in [-0.4, -0.2) is 26.5 Å². The van der Waals surface area contributed by atoms with Crippen molar-refractivity contribution in [3.8, 4) is 5.75 Å². The number of thioether (sulfide) groups is 1. The van der Waals surface area contributed by atoms with Gasteiger partial charge in [-0.2, -0.15) is 0 Å². The standard InChI is InChI=1S/C21H18F2N4O2S/c22-16-5-7-18(23)15(8-16)10-26-20(28)12-30-21-25-24-19(27(21)26)11-29-17-6-4-13-2-1-3-14(13)9-17/h4-9H,1-3,10-12H2. The number of fused-ring (bicyclic) bond motifs is 2. The highest BCUT2D eigenvalue weighted by Gasteiger charge is 2.30. The zero-order valence-electron chi connectivity index (χ0n) is 16.0. The van der Waals surface area contributed by atoms with Gasteiger partial charge >= 0.3 is 0 Å². The molecule has 154 valence electrons. The fourth-order valence-electron chi connectivity index (χ4n) is 3.80. The van der Waals surface area contributed by atoms with Crippen molar-refractivity contribution in [1.82, 2.24) is 14.9 Å². The van der Waals surface area contributed by atoms with Gasteiger partial charge in [0, 0.05) is 5.56 Å². The molecule has 0 unspecified atom stereocenters. The van der Waals surface area contributed by atoms with E-state index in [-0.39, 0.29) is 30.4 Å². The van der Waals surface area contributed by atoms with Crippen molar-refractivity contribution in [1.29, 1.82) is 0 Å². The number of aromatic nitrogens is 3. The molecular formula is C21H18F2N4O2S. The molecule has 0 fully saturated rings. The number of rotatable bonds is 5. The second-order valence-corrected chi connectivity index (χ2v) is 8.20. The summed E-state index contributed by atoms with van der Waals surface area (Å²) in [6.07, 6.45) is 3.30. The molecule has 9 heteroatoms. The number of hydrogen-bond acceptors (Lipinski definition) is 5. The lowest BCUT2D eigenvalue weighted by atomic mass is 10.1. The molecule has 5 rings (SSSR count). The normalized spacial score (nSPS) is 15.3. The summed E-state index contributed by atoms with van der Waals surface area (Å²) in [6, 6.07) is 9.24. The van der Waals surface area contributed by atoms with Crippen LogP contribution in [-0.2, 0) is 30.8 Å². The predicted molar refractivity (Wildman–Crippen MR) is 107 cm³/mol.